The summed E-state index contributed by atoms with van der Waals surface area (Å²) in [6.45, 7) is 3.49. The molecule has 1 atom stereocenters. The van der Waals surface area contributed by atoms with Gasteiger partial charge in [-0.1, -0.05) is 18.2 Å². The van der Waals surface area contributed by atoms with Crippen LogP contribution in [-0.4, -0.2) is 46.8 Å². The summed E-state index contributed by atoms with van der Waals surface area (Å²) in [7, 11) is 1.96. The van der Waals surface area contributed by atoms with Gasteiger partial charge in [0.05, 0.1) is 16.9 Å². The first-order chi connectivity index (χ1) is 10.7. The normalized spacial score (nSPS) is 18.5. The van der Waals surface area contributed by atoms with Crippen LogP contribution in [0.3, 0.4) is 0 Å². The van der Waals surface area contributed by atoms with Gasteiger partial charge in [-0.2, -0.15) is 5.10 Å². The standard InChI is InChI=1S/C17H22N4O/c1-13-16(12-21(19-13)15-8-4-3-5-9-15)17(22)20-10-6-7-14(11-20)18-2/h3-5,8-9,12,14,18H,6-7,10-11H2,1-2H3. The van der Waals surface area contributed by atoms with Crippen LogP contribution in [-0.2, 0) is 0 Å². The molecule has 1 saturated heterocycles. The van der Waals surface area contributed by atoms with Gasteiger partial charge in [0.25, 0.3) is 5.91 Å². The van der Waals surface area contributed by atoms with Crippen molar-refractivity contribution in [1.82, 2.24) is 20.0 Å². The number of aromatic nitrogens is 2. The van der Waals surface area contributed by atoms with Crippen molar-refractivity contribution in [3.8, 4) is 5.69 Å². The number of likely N-dealkylation sites (N-methyl/N-ethyl adjacent to an activating group) is 1. The summed E-state index contributed by atoms with van der Waals surface area (Å²) in [6.07, 6.45) is 4.02. The van der Waals surface area contributed by atoms with E-state index in [-0.39, 0.29) is 5.91 Å². The zero-order valence-electron chi connectivity index (χ0n) is 13.1. The van der Waals surface area contributed by atoms with Crippen molar-refractivity contribution in [2.45, 2.75) is 25.8 Å². The fourth-order valence-corrected chi connectivity index (χ4v) is 2.95. The molecular formula is C17H22N4O. The summed E-state index contributed by atoms with van der Waals surface area (Å²) >= 11 is 0. The molecule has 0 aliphatic carbocycles. The predicted octanol–water partition coefficient (Wildman–Crippen LogP) is 2.00. The third-order valence-corrected chi connectivity index (χ3v) is 4.27. The number of rotatable bonds is 3. The van der Waals surface area contributed by atoms with Crippen LogP contribution in [0.5, 0.6) is 0 Å². The fourth-order valence-electron chi connectivity index (χ4n) is 2.95. The largest absolute Gasteiger partial charge is 0.337 e. The van der Waals surface area contributed by atoms with Crippen LogP contribution in [0, 0.1) is 6.92 Å². The Morgan fingerprint density at radius 2 is 2.09 bits per heavy atom. The number of hydrogen-bond acceptors (Lipinski definition) is 3. The average Bonchev–Trinajstić information content (AvgIpc) is 2.97. The van der Waals surface area contributed by atoms with E-state index in [2.05, 4.69) is 10.4 Å². The van der Waals surface area contributed by atoms with Crippen LogP contribution in [0.4, 0.5) is 0 Å². The molecule has 2 heterocycles. The van der Waals surface area contributed by atoms with Crippen molar-refractivity contribution in [2.24, 2.45) is 0 Å². The molecule has 1 N–H and O–H groups in total. The van der Waals surface area contributed by atoms with Crippen molar-refractivity contribution >= 4 is 5.91 Å². The van der Waals surface area contributed by atoms with Crippen LogP contribution in [0.25, 0.3) is 5.69 Å². The highest BCUT2D eigenvalue weighted by Crippen LogP contribution is 2.17. The zero-order valence-corrected chi connectivity index (χ0v) is 13.1. The molecule has 1 amide bonds. The number of nitrogens with one attached hydrogen (secondary N) is 1. The highest BCUT2D eigenvalue weighted by molar-refractivity contribution is 5.95. The van der Waals surface area contributed by atoms with Crippen molar-refractivity contribution in [3.05, 3.63) is 47.8 Å². The summed E-state index contributed by atoms with van der Waals surface area (Å²) in [4.78, 5) is 14.7. The van der Waals surface area contributed by atoms with E-state index in [0.29, 0.717) is 11.6 Å². The van der Waals surface area contributed by atoms with E-state index in [9.17, 15) is 4.79 Å². The van der Waals surface area contributed by atoms with Gasteiger partial charge in [-0.25, -0.2) is 4.68 Å². The lowest BCUT2D eigenvalue weighted by Gasteiger charge is -2.32. The van der Waals surface area contributed by atoms with Gasteiger partial charge in [0.2, 0.25) is 0 Å². The third-order valence-electron chi connectivity index (χ3n) is 4.27. The van der Waals surface area contributed by atoms with E-state index in [1.54, 1.807) is 4.68 Å². The van der Waals surface area contributed by atoms with E-state index in [1.165, 1.54) is 0 Å². The molecule has 1 aliphatic heterocycles. The number of likely N-dealkylation sites (tertiary alicyclic amines) is 1. The number of nitrogens with zero attached hydrogens (tertiary/aromatic N) is 3. The SMILES string of the molecule is CNC1CCCN(C(=O)c2cn(-c3ccccc3)nc2C)C1. The molecule has 0 radical (unpaired) electrons. The quantitative estimate of drug-likeness (QED) is 0.943. The minimum absolute atomic E-state index is 0.0830. The number of carbonyl (C=O) groups excluding carboxylic acids is 1. The molecule has 116 valence electrons. The van der Waals surface area contributed by atoms with Gasteiger partial charge in [-0.3, -0.25) is 4.79 Å². The first-order valence-electron chi connectivity index (χ1n) is 7.77. The molecule has 0 spiro atoms. The topological polar surface area (TPSA) is 50.2 Å². The van der Waals surface area contributed by atoms with Gasteiger partial charge in [0.15, 0.2) is 0 Å². The number of piperidine rings is 1. The number of amides is 1. The van der Waals surface area contributed by atoms with Crippen molar-refractivity contribution < 1.29 is 4.79 Å². The molecule has 1 aromatic heterocycles. The summed E-state index contributed by atoms with van der Waals surface area (Å²) in [5.74, 6) is 0.0830. The highest BCUT2D eigenvalue weighted by Gasteiger charge is 2.25. The third kappa shape index (κ3) is 2.90. The molecule has 22 heavy (non-hydrogen) atoms. The molecule has 2 aromatic rings. The maximum absolute atomic E-state index is 12.8. The van der Waals surface area contributed by atoms with Crippen LogP contribution < -0.4 is 5.32 Å². The van der Waals surface area contributed by atoms with Crippen molar-refractivity contribution in [3.63, 3.8) is 0 Å². The number of para-hydroxylation sites is 1. The first kappa shape index (κ1) is 14.8. The van der Waals surface area contributed by atoms with Crippen molar-refractivity contribution in [2.75, 3.05) is 20.1 Å². The number of carbonyl (C=O) groups is 1. The maximum atomic E-state index is 12.8. The van der Waals surface area contributed by atoms with Gasteiger partial charge in [-0.15, -0.1) is 0 Å². The van der Waals surface area contributed by atoms with Gasteiger partial charge in [-0.05, 0) is 38.9 Å². The van der Waals surface area contributed by atoms with E-state index >= 15 is 0 Å². The molecule has 1 fully saturated rings. The molecule has 0 bridgehead atoms. The number of aryl methyl sites for hydroxylation is 1. The van der Waals surface area contributed by atoms with Crippen LogP contribution in [0.1, 0.15) is 28.9 Å². The maximum Gasteiger partial charge on any atom is 0.257 e. The second kappa shape index (κ2) is 6.32. The van der Waals surface area contributed by atoms with E-state index < -0.39 is 0 Å². The fraction of sp³-hybridized carbons (Fsp3) is 0.412. The summed E-state index contributed by atoms with van der Waals surface area (Å²) < 4.78 is 1.78. The molecule has 0 saturated carbocycles. The molecule has 5 nitrogen and oxygen atoms in total. The average molecular weight is 298 g/mol. The van der Waals surface area contributed by atoms with E-state index in [0.717, 1.165) is 37.3 Å². The lowest BCUT2D eigenvalue weighted by atomic mass is 10.0. The Morgan fingerprint density at radius 3 is 2.82 bits per heavy atom. The molecular weight excluding hydrogens is 276 g/mol. The number of hydrogen-bond donors (Lipinski definition) is 1. The molecule has 3 rings (SSSR count). The second-order valence-corrected chi connectivity index (χ2v) is 5.79. The number of benzene rings is 1. The summed E-state index contributed by atoms with van der Waals surface area (Å²) in [6, 6.07) is 10.3. The van der Waals surface area contributed by atoms with Gasteiger partial charge in [0.1, 0.15) is 0 Å². The highest BCUT2D eigenvalue weighted by atomic mass is 16.2. The van der Waals surface area contributed by atoms with Crippen LogP contribution in [0.15, 0.2) is 36.5 Å². The molecule has 1 aliphatic rings. The monoisotopic (exact) mass is 298 g/mol. The van der Waals surface area contributed by atoms with E-state index in [1.807, 2.05) is 55.4 Å². The molecule has 5 heteroatoms. The first-order valence-corrected chi connectivity index (χ1v) is 7.77. The Balaban J connectivity index is 1.83. The molecule has 1 unspecified atom stereocenters. The van der Waals surface area contributed by atoms with Crippen molar-refractivity contribution in [1.29, 1.82) is 0 Å². The molecule has 1 aromatic carbocycles. The Morgan fingerprint density at radius 1 is 1.32 bits per heavy atom. The second-order valence-electron chi connectivity index (χ2n) is 5.79. The van der Waals surface area contributed by atoms with Gasteiger partial charge in [0, 0.05) is 25.3 Å². The minimum Gasteiger partial charge on any atom is -0.337 e. The predicted molar refractivity (Wildman–Crippen MR) is 86.3 cm³/mol. The Hall–Kier alpha value is -2.14. The van der Waals surface area contributed by atoms with Gasteiger partial charge >= 0.3 is 0 Å². The Labute approximate surface area is 130 Å². The minimum atomic E-state index is 0.0830. The Bertz CT molecular complexity index is 650. The summed E-state index contributed by atoms with van der Waals surface area (Å²) in [5.41, 5.74) is 2.44. The van der Waals surface area contributed by atoms with Gasteiger partial charge < -0.3 is 10.2 Å². The Kier molecular flexibility index (Phi) is 4.24. The lowest BCUT2D eigenvalue weighted by Crippen LogP contribution is -2.47. The van der Waals surface area contributed by atoms with Crippen LogP contribution >= 0.6 is 0 Å². The van der Waals surface area contributed by atoms with Crippen LogP contribution in [0.2, 0.25) is 0 Å². The van der Waals surface area contributed by atoms with E-state index in [4.69, 9.17) is 0 Å². The lowest BCUT2D eigenvalue weighted by molar-refractivity contribution is 0.0697. The smallest absolute Gasteiger partial charge is 0.257 e. The summed E-state index contributed by atoms with van der Waals surface area (Å²) in [5, 5.41) is 7.76. The zero-order chi connectivity index (χ0) is 15.5.